The molecule has 188 valence electrons. The average molecular weight is 507 g/mol. The Bertz CT molecular complexity index is 1240. The molecule has 0 unspecified atom stereocenters. The van der Waals surface area contributed by atoms with Gasteiger partial charge in [-0.3, -0.25) is 9.69 Å². The standard InChI is InChI=1S/C25H19F6N3O2/c26-24(27,28)18-8-4-5-16(11-18)12-20(35)14-34-21(17-6-2-1-3-7-17)15-33(23(34)36)19-9-10-22(32-13-19)25(29,30)31/h1-11,13,21H,12,14-15H2/t21-/m1/s1. The highest BCUT2D eigenvalue weighted by Crippen LogP contribution is 2.35. The predicted octanol–water partition coefficient (Wildman–Crippen LogP) is 5.91. The number of Topliss-reactive ketones (excluding diaryl/α,β-unsaturated/α-hetero) is 1. The van der Waals surface area contributed by atoms with Gasteiger partial charge in [-0.05, 0) is 29.3 Å². The quantitative estimate of drug-likeness (QED) is 0.390. The molecule has 2 heterocycles. The van der Waals surface area contributed by atoms with Gasteiger partial charge in [-0.15, -0.1) is 0 Å². The highest BCUT2D eigenvalue weighted by atomic mass is 19.4. The van der Waals surface area contributed by atoms with Gasteiger partial charge in [-0.2, -0.15) is 26.3 Å². The molecule has 1 aliphatic heterocycles. The highest BCUT2D eigenvalue weighted by Gasteiger charge is 2.40. The number of ketones is 1. The second-order valence-electron chi connectivity index (χ2n) is 8.26. The molecule has 2 aromatic carbocycles. The van der Waals surface area contributed by atoms with Crippen LogP contribution in [0.1, 0.15) is 28.4 Å². The van der Waals surface area contributed by atoms with Crippen LogP contribution < -0.4 is 4.90 Å². The van der Waals surface area contributed by atoms with Gasteiger partial charge in [-0.25, -0.2) is 9.78 Å². The van der Waals surface area contributed by atoms with E-state index in [1.165, 1.54) is 21.9 Å². The van der Waals surface area contributed by atoms with Crippen molar-refractivity contribution < 1.29 is 35.9 Å². The van der Waals surface area contributed by atoms with Crippen LogP contribution in [0.5, 0.6) is 0 Å². The molecule has 0 radical (unpaired) electrons. The molecule has 0 bridgehead atoms. The van der Waals surface area contributed by atoms with Crippen LogP contribution in [0.3, 0.4) is 0 Å². The Balaban J connectivity index is 1.57. The van der Waals surface area contributed by atoms with Gasteiger partial charge >= 0.3 is 18.4 Å². The molecular weight excluding hydrogens is 488 g/mol. The molecular formula is C25H19F6N3O2. The minimum absolute atomic E-state index is 0.0483. The third kappa shape index (κ3) is 5.50. The largest absolute Gasteiger partial charge is 0.433 e. The molecule has 1 aliphatic rings. The van der Waals surface area contributed by atoms with E-state index in [1.807, 2.05) is 0 Å². The number of benzene rings is 2. The summed E-state index contributed by atoms with van der Waals surface area (Å²) in [5.74, 6) is -0.490. The minimum atomic E-state index is -4.64. The Hall–Kier alpha value is -3.89. The van der Waals surface area contributed by atoms with Gasteiger partial charge < -0.3 is 4.90 Å². The lowest BCUT2D eigenvalue weighted by Crippen LogP contribution is -2.36. The second kappa shape index (κ2) is 9.63. The van der Waals surface area contributed by atoms with Crippen molar-refractivity contribution in [2.75, 3.05) is 18.0 Å². The van der Waals surface area contributed by atoms with Gasteiger partial charge in [0.25, 0.3) is 0 Å². The van der Waals surface area contributed by atoms with Crippen LogP contribution in [-0.4, -0.2) is 34.8 Å². The van der Waals surface area contributed by atoms with E-state index in [1.54, 1.807) is 30.3 Å². The first-order valence-electron chi connectivity index (χ1n) is 10.8. The lowest BCUT2D eigenvalue weighted by atomic mass is 10.0. The van der Waals surface area contributed by atoms with Crippen LogP contribution >= 0.6 is 0 Å². The maximum absolute atomic E-state index is 13.2. The molecule has 1 atom stereocenters. The second-order valence-corrected chi connectivity index (χ2v) is 8.26. The zero-order valence-electron chi connectivity index (χ0n) is 18.6. The smallest absolute Gasteiger partial charge is 0.308 e. The third-order valence-electron chi connectivity index (χ3n) is 5.74. The number of hydrogen-bond acceptors (Lipinski definition) is 3. The van der Waals surface area contributed by atoms with E-state index in [-0.39, 0.29) is 30.8 Å². The molecule has 5 nitrogen and oxygen atoms in total. The zero-order chi connectivity index (χ0) is 26.1. The summed E-state index contributed by atoms with van der Waals surface area (Å²) in [7, 11) is 0. The van der Waals surface area contributed by atoms with E-state index < -0.39 is 41.5 Å². The predicted molar refractivity (Wildman–Crippen MR) is 118 cm³/mol. The van der Waals surface area contributed by atoms with E-state index in [9.17, 15) is 35.9 Å². The van der Waals surface area contributed by atoms with E-state index in [0.29, 0.717) is 5.56 Å². The number of urea groups is 1. The van der Waals surface area contributed by atoms with Crippen LogP contribution in [0.25, 0.3) is 0 Å². The first-order chi connectivity index (χ1) is 16.9. The lowest BCUT2D eigenvalue weighted by molar-refractivity contribution is -0.141. The first kappa shape index (κ1) is 25.2. The number of halogens is 6. The Morgan fingerprint density at radius 3 is 2.25 bits per heavy atom. The molecule has 0 spiro atoms. The van der Waals surface area contributed by atoms with Gasteiger partial charge in [0.15, 0.2) is 5.78 Å². The fourth-order valence-corrected chi connectivity index (χ4v) is 4.04. The number of hydrogen-bond donors (Lipinski definition) is 0. The summed E-state index contributed by atoms with van der Waals surface area (Å²) in [6.45, 7) is -0.341. The summed E-state index contributed by atoms with van der Waals surface area (Å²) < 4.78 is 77.7. The normalized spacial score (nSPS) is 16.5. The minimum Gasteiger partial charge on any atom is -0.308 e. The summed E-state index contributed by atoms with van der Waals surface area (Å²) in [5.41, 5.74) is -1.01. The van der Waals surface area contributed by atoms with Gasteiger partial charge in [0.1, 0.15) is 5.69 Å². The Morgan fingerprint density at radius 2 is 1.64 bits per heavy atom. The van der Waals surface area contributed by atoms with Crippen LogP contribution in [0.2, 0.25) is 0 Å². The van der Waals surface area contributed by atoms with Gasteiger partial charge in [-0.1, -0.05) is 48.5 Å². The van der Waals surface area contributed by atoms with Crippen molar-refractivity contribution in [2.24, 2.45) is 0 Å². The fourth-order valence-electron chi connectivity index (χ4n) is 4.04. The van der Waals surface area contributed by atoms with Gasteiger partial charge in [0.05, 0.1) is 36.6 Å². The molecule has 36 heavy (non-hydrogen) atoms. The molecule has 0 saturated carbocycles. The monoisotopic (exact) mass is 507 g/mol. The molecule has 1 saturated heterocycles. The number of carbonyl (C=O) groups excluding carboxylic acids is 2. The third-order valence-corrected chi connectivity index (χ3v) is 5.74. The van der Waals surface area contributed by atoms with Crippen molar-refractivity contribution in [3.8, 4) is 0 Å². The average Bonchev–Trinajstić information content (AvgIpc) is 3.14. The maximum atomic E-state index is 13.2. The maximum Gasteiger partial charge on any atom is 0.433 e. The summed E-state index contributed by atoms with van der Waals surface area (Å²) >= 11 is 0. The SMILES string of the molecule is O=C(Cc1cccc(C(F)(F)F)c1)CN1C(=O)N(c2ccc(C(F)(F)F)nc2)C[C@@H]1c1ccccc1. The van der Waals surface area contributed by atoms with E-state index in [4.69, 9.17) is 0 Å². The number of rotatable bonds is 6. The van der Waals surface area contributed by atoms with E-state index >= 15 is 0 Å². The topological polar surface area (TPSA) is 53.5 Å². The molecule has 3 aromatic rings. The molecule has 1 fully saturated rings. The zero-order valence-corrected chi connectivity index (χ0v) is 18.6. The molecule has 0 N–H and O–H groups in total. The van der Waals surface area contributed by atoms with Crippen molar-refractivity contribution in [1.29, 1.82) is 0 Å². The molecule has 0 aliphatic carbocycles. The fraction of sp³-hybridized carbons (Fsp3) is 0.240. The Kier molecular flexibility index (Phi) is 6.75. The molecule has 11 heteroatoms. The lowest BCUT2D eigenvalue weighted by Gasteiger charge is -2.23. The number of carbonyl (C=O) groups is 2. The molecule has 4 rings (SSSR count). The molecule has 2 amide bonds. The number of aromatic nitrogens is 1. The van der Waals surface area contributed by atoms with Crippen molar-refractivity contribution in [3.63, 3.8) is 0 Å². The number of anilines is 1. The summed E-state index contributed by atoms with van der Waals surface area (Å²) in [5, 5.41) is 0. The summed E-state index contributed by atoms with van der Waals surface area (Å²) in [4.78, 5) is 32.0. The van der Waals surface area contributed by atoms with Crippen molar-refractivity contribution in [2.45, 2.75) is 24.8 Å². The van der Waals surface area contributed by atoms with E-state index in [2.05, 4.69) is 4.98 Å². The van der Waals surface area contributed by atoms with Crippen LogP contribution in [0, 0.1) is 0 Å². The number of amides is 2. The number of pyridine rings is 1. The highest BCUT2D eigenvalue weighted by molar-refractivity contribution is 5.97. The van der Waals surface area contributed by atoms with E-state index in [0.717, 1.165) is 30.5 Å². The van der Waals surface area contributed by atoms with Gasteiger partial charge in [0.2, 0.25) is 0 Å². The summed E-state index contributed by atoms with van der Waals surface area (Å²) in [6.07, 6.45) is -8.58. The van der Waals surface area contributed by atoms with Crippen LogP contribution in [-0.2, 0) is 23.6 Å². The number of nitrogens with zero attached hydrogens (tertiary/aromatic N) is 3. The van der Waals surface area contributed by atoms with Crippen molar-refractivity contribution in [3.05, 3.63) is 95.3 Å². The molecule has 1 aromatic heterocycles. The number of alkyl halides is 6. The first-order valence-corrected chi connectivity index (χ1v) is 10.8. The van der Waals surface area contributed by atoms with Crippen molar-refractivity contribution in [1.82, 2.24) is 9.88 Å². The van der Waals surface area contributed by atoms with Crippen molar-refractivity contribution >= 4 is 17.5 Å². The van der Waals surface area contributed by atoms with Gasteiger partial charge in [0, 0.05) is 6.42 Å². The summed E-state index contributed by atoms with van der Waals surface area (Å²) in [6, 6.07) is 13.8. The van der Waals surface area contributed by atoms with Crippen LogP contribution in [0.15, 0.2) is 72.9 Å². The Labute approximate surface area is 202 Å². The van der Waals surface area contributed by atoms with Crippen LogP contribution in [0.4, 0.5) is 36.8 Å². The Morgan fingerprint density at radius 1 is 0.917 bits per heavy atom.